The molecule has 1 aromatic carbocycles. The average molecular weight is 209 g/mol. The van der Waals surface area contributed by atoms with Gasteiger partial charge in [-0.15, -0.1) is 0 Å². The molecule has 0 unspecified atom stereocenters. The Balaban J connectivity index is 2.38. The van der Waals surface area contributed by atoms with Crippen LogP contribution in [-0.4, -0.2) is 38.5 Å². The zero-order valence-corrected chi connectivity index (χ0v) is 8.77. The molecule has 0 bridgehead atoms. The molecule has 0 atom stereocenters. The van der Waals surface area contributed by atoms with Crippen LogP contribution in [0.15, 0.2) is 18.2 Å². The molecule has 0 radical (unpaired) electrons. The summed E-state index contributed by atoms with van der Waals surface area (Å²) in [7, 11) is 1.64. The van der Waals surface area contributed by atoms with E-state index >= 15 is 0 Å². The highest BCUT2D eigenvalue weighted by atomic mass is 16.5. The van der Waals surface area contributed by atoms with Gasteiger partial charge < -0.3 is 19.5 Å². The lowest BCUT2D eigenvalue weighted by atomic mass is 10.2. The van der Waals surface area contributed by atoms with E-state index in [2.05, 4.69) is 4.90 Å². The molecule has 0 fully saturated rings. The summed E-state index contributed by atoms with van der Waals surface area (Å²) in [5.41, 5.74) is 0.945. The summed E-state index contributed by atoms with van der Waals surface area (Å²) in [5.74, 6) is 1.62. The van der Waals surface area contributed by atoms with Crippen molar-refractivity contribution in [3.05, 3.63) is 18.2 Å². The molecule has 2 rings (SSSR count). The number of β-amino-alcohol motifs (C(OH)–C–C–N with tert-alkyl or cyclic N) is 1. The highest BCUT2D eigenvalue weighted by molar-refractivity contribution is 5.68. The molecule has 15 heavy (non-hydrogen) atoms. The largest absolute Gasteiger partial charge is 0.494 e. The van der Waals surface area contributed by atoms with Gasteiger partial charge in [0.25, 0.3) is 0 Å². The van der Waals surface area contributed by atoms with Gasteiger partial charge in [0.2, 0.25) is 0 Å². The van der Waals surface area contributed by atoms with E-state index < -0.39 is 0 Å². The van der Waals surface area contributed by atoms with Crippen LogP contribution in [0.4, 0.5) is 5.69 Å². The number of aliphatic hydroxyl groups is 1. The topological polar surface area (TPSA) is 41.9 Å². The molecule has 0 aliphatic carbocycles. The Bertz CT molecular complexity index is 326. The van der Waals surface area contributed by atoms with Gasteiger partial charge >= 0.3 is 0 Å². The lowest BCUT2D eigenvalue weighted by Gasteiger charge is -2.31. The van der Waals surface area contributed by atoms with Crippen LogP contribution in [0.1, 0.15) is 0 Å². The van der Waals surface area contributed by atoms with Crippen molar-refractivity contribution in [2.45, 2.75) is 0 Å². The van der Waals surface area contributed by atoms with Crippen LogP contribution in [-0.2, 0) is 0 Å². The molecule has 1 N–H and O–H groups in total. The Kier molecular flexibility index (Phi) is 2.97. The second kappa shape index (κ2) is 4.40. The lowest BCUT2D eigenvalue weighted by Crippen LogP contribution is -2.35. The SMILES string of the molecule is COc1cccc2c1N(CCO)CCO2. The third-order valence-corrected chi connectivity index (χ3v) is 2.49. The molecule has 4 heteroatoms. The fourth-order valence-corrected chi connectivity index (χ4v) is 1.82. The minimum absolute atomic E-state index is 0.136. The van der Waals surface area contributed by atoms with Crippen molar-refractivity contribution in [3.8, 4) is 11.5 Å². The number of nitrogens with zero attached hydrogens (tertiary/aromatic N) is 1. The second-order valence-corrected chi connectivity index (χ2v) is 3.37. The van der Waals surface area contributed by atoms with Gasteiger partial charge in [-0.3, -0.25) is 0 Å². The first-order chi connectivity index (χ1) is 7.36. The fraction of sp³-hybridized carbons (Fsp3) is 0.455. The van der Waals surface area contributed by atoms with Gasteiger partial charge in [-0.25, -0.2) is 0 Å². The number of hydrogen-bond donors (Lipinski definition) is 1. The first kappa shape index (κ1) is 10.1. The molecular weight excluding hydrogens is 194 g/mol. The zero-order chi connectivity index (χ0) is 10.7. The number of anilines is 1. The number of benzene rings is 1. The molecule has 0 saturated heterocycles. The molecule has 4 nitrogen and oxygen atoms in total. The van der Waals surface area contributed by atoms with Crippen molar-refractivity contribution in [1.29, 1.82) is 0 Å². The number of ether oxygens (including phenoxy) is 2. The normalized spacial score (nSPS) is 14.4. The van der Waals surface area contributed by atoms with E-state index in [9.17, 15) is 0 Å². The van der Waals surface area contributed by atoms with Crippen LogP contribution >= 0.6 is 0 Å². The van der Waals surface area contributed by atoms with Crippen molar-refractivity contribution in [2.24, 2.45) is 0 Å². The van der Waals surface area contributed by atoms with Crippen LogP contribution in [0, 0.1) is 0 Å². The number of methoxy groups -OCH3 is 1. The number of rotatable bonds is 3. The van der Waals surface area contributed by atoms with Crippen molar-refractivity contribution >= 4 is 5.69 Å². The molecular formula is C11H15NO3. The first-order valence-electron chi connectivity index (χ1n) is 5.02. The molecule has 82 valence electrons. The maximum Gasteiger partial charge on any atom is 0.146 e. The molecule has 1 heterocycles. The Morgan fingerprint density at radius 1 is 1.53 bits per heavy atom. The third kappa shape index (κ3) is 1.85. The average Bonchev–Trinajstić information content (AvgIpc) is 2.29. The quantitative estimate of drug-likeness (QED) is 0.802. The Morgan fingerprint density at radius 3 is 3.13 bits per heavy atom. The number of hydrogen-bond acceptors (Lipinski definition) is 4. The highest BCUT2D eigenvalue weighted by Gasteiger charge is 2.21. The fourth-order valence-electron chi connectivity index (χ4n) is 1.82. The molecule has 1 aliphatic rings. The predicted molar refractivity (Wildman–Crippen MR) is 57.8 cm³/mol. The van der Waals surface area contributed by atoms with Crippen molar-refractivity contribution < 1.29 is 14.6 Å². The molecule has 0 amide bonds. The molecule has 0 spiro atoms. The Labute approximate surface area is 89.0 Å². The van der Waals surface area contributed by atoms with Gasteiger partial charge in [-0.1, -0.05) is 6.07 Å². The third-order valence-electron chi connectivity index (χ3n) is 2.49. The maximum atomic E-state index is 8.98. The summed E-state index contributed by atoms with van der Waals surface area (Å²) in [4.78, 5) is 2.08. The summed E-state index contributed by atoms with van der Waals surface area (Å²) in [6, 6.07) is 5.72. The maximum absolute atomic E-state index is 8.98. The highest BCUT2D eigenvalue weighted by Crippen LogP contribution is 2.39. The van der Waals surface area contributed by atoms with Gasteiger partial charge in [0.1, 0.15) is 23.8 Å². The van der Waals surface area contributed by atoms with Crippen molar-refractivity contribution in [2.75, 3.05) is 38.3 Å². The van der Waals surface area contributed by atoms with E-state index in [1.807, 2.05) is 18.2 Å². The zero-order valence-electron chi connectivity index (χ0n) is 8.77. The minimum Gasteiger partial charge on any atom is -0.494 e. The van der Waals surface area contributed by atoms with Gasteiger partial charge in [0, 0.05) is 6.54 Å². The van der Waals surface area contributed by atoms with E-state index in [-0.39, 0.29) is 6.61 Å². The summed E-state index contributed by atoms with van der Waals surface area (Å²) < 4.78 is 10.8. The first-order valence-corrected chi connectivity index (χ1v) is 5.02. The summed E-state index contributed by atoms with van der Waals surface area (Å²) in [5, 5.41) is 8.98. The van der Waals surface area contributed by atoms with Crippen LogP contribution < -0.4 is 14.4 Å². The Hall–Kier alpha value is -1.42. The van der Waals surface area contributed by atoms with Crippen LogP contribution in [0.25, 0.3) is 0 Å². The van der Waals surface area contributed by atoms with E-state index in [0.717, 1.165) is 23.7 Å². The molecule has 1 aliphatic heterocycles. The van der Waals surface area contributed by atoms with Crippen LogP contribution in [0.5, 0.6) is 11.5 Å². The number of fused-ring (bicyclic) bond motifs is 1. The summed E-state index contributed by atoms with van der Waals surface area (Å²) in [6.07, 6.45) is 0. The summed E-state index contributed by atoms with van der Waals surface area (Å²) in [6.45, 7) is 2.18. The van der Waals surface area contributed by atoms with E-state index in [0.29, 0.717) is 13.2 Å². The van der Waals surface area contributed by atoms with Gasteiger partial charge in [-0.2, -0.15) is 0 Å². The molecule has 0 saturated carbocycles. The van der Waals surface area contributed by atoms with Crippen molar-refractivity contribution in [1.82, 2.24) is 0 Å². The minimum atomic E-state index is 0.136. The monoisotopic (exact) mass is 209 g/mol. The predicted octanol–water partition coefficient (Wildman–Crippen LogP) is 0.886. The second-order valence-electron chi connectivity index (χ2n) is 3.37. The van der Waals surface area contributed by atoms with Gasteiger partial charge in [0.05, 0.1) is 20.3 Å². The standard InChI is InChI=1S/C11H15NO3/c1-14-9-3-2-4-10-11(9)12(5-7-13)6-8-15-10/h2-4,13H,5-8H2,1H3. The lowest BCUT2D eigenvalue weighted by molar-refractivity contribution is 0.275. The van der Waals surface area contributed by atoms with E-state index in [1.165, 1.54) is 0 Å². The molecule has 1 aromatic rings. The van der Waals surface area contributed by atoms with Crippen LogP contribution in [0.3, 0.4) is 0 Å². The molecule has 0 aromatic heterocycles. The summed E-state index contributed by atoms with van der Waals surface area (Å²) >= 11 is 0. The number of aliphatic hydroxyl groups excluding tert-OH is 1. The van der Waals surface area contributed by atoms with E-state index in [4.69, 9.17) is 14.6 Å². The van der Waals surface area contributed by atoms with Gasteiger partial charge in [-0.05, 0) is 12.1 Å². The number of para-hydroxylation sites is 1. The smallest absolute Gasteiger partial charge is 0.146 e. The van der Waals surface area contributed by atoms with Crippen molar-refractivity contribution in [3.63, 3.8) is 0 Å². The van der Waals surface area contributed by atoms with E-state index in [1.54, 1.807) is 7.11 Å². The Morgan fingerprint density at radius 2 is 2.40 bits per heavy atom. The van der Waals surface area contributed by atoms with Gasteiger partial charge in [0.15, 0.2) is 0 Å². The van der Waals surface area contributed by atoms with Crippen LogP contribution in [0.2, 0.25) is 0 Å².